The molecule has 0 fully saturated rings. The highest BCUT2D eigenvalue weighted by atomic mass is 127. The molecule has 0 aromatic carbocycles. The zero-order valence-electron chi connectivity index (χ0n) is 15.7. The van der Waals surface area contributed by atoms with Crippen molar-refractivity contribution in [3.05, 3.63) is 17.5 Å². The van der Waals surface area contributed by atoms with Crippen molar-refractivity contribution in [2.45, 2.75) is 58.5 Å². The smallest absolute Gasteiger partial charge is 0.191 e. The van der Waals surface area contributed by atoms with Crippen LogP contribution in [0.3, 0.4) is 0 Å². The number of sulfone groups is 1. The van der Waals surface area contributed by atoms with E-state index in [0.717, 1.165) is 24.3 Å². The minimum Gasteiger partial charge on any atom is -0.359 e. The number of aromatic nitrogens is 1. The third kappa shape index (κ3) is 9.43. The van der Waals surface area contributed by atoms with Gasteiger partial charge in [-0.25, -0.2) is 8.42 Å². The fourth-order valence-corrected chi connectivity index (χ4v) is 3.16. The molecule has 0 spiro atoms. The average Bonchev–Trinajstić information content (AvgIpc) is 2.98. The van der Waals surface area contributed by atoms with Gasteiger partial charge in [-0.3, -0.25) is 4.99 Å². The summed E-state index contributed by atoms with van der Waals surface area (Å²) >= 11 is 0. The molecule has 1 rings (SSSR count). The largest absolute Gasteiger partial charge is 0.359 e. The molecule has 7 nitrogen and oxygen atoms in total. The van der Waals surface area contributed by atoms with E-state index in [1.165, 1.54) is 6.26 Å². The maximum atomic E-state index is 11.2. The lowest BCUT2D eigenvalue weighted by atomic mass is 9.99. The summed E-state index contributed by atoms with van der Waals surface area (Å²) in [5.74, 6) is 1.94. The van der Waals surface area contributed by atoms with Gasteiger partial charge in [0.1, 0.15) is 9.84 Å². The lowest BCUT2D eigenvalue weighted by molar-refractivity contribution is 0.368. The summed E-state index contributed by atoms with van der Waals surface area (Å²) in [5, 5.41) is 10.5. The lowest BCUT2D eigenvalue weighted by Gasteiger charge is -2.17. The normalized spacial score (nSPS) is 13.4. The SMILES string of the molecule is CCC(CC)c1cc(CNC(=NC)NC(C)CCS(C)(=O)=O)on1.I. The topological polar surface area (TPSA) is 96.6 Å². The number of halogens is 1. The van der Waals surface area contributed by atoms with Crippen LogP contribution in [0.2, 0.25) is 0 Å². The number of guanidine groups is 1. The molecular weight excluding hydrogens is 455 g/mol. The Morgan fingerprint density at radius 1 is 1.36 bits per heavy atom. The Hall–Kier alpha value is -0.840. The van der Waals surface area contributed by atoms with Crippen LogP contribution in [0.1, 0.15) is 57.4 Å². The lowest BCUT2D eigenvalue weighted by Crippen LogP contribution is -2.42. The predicted molar refractivity (Wildman–Crippen MR) is 112 cm³/mol. The summed E-state index contributed by atoms with van der Waals surface area (Å²) in [4.78, 5) is 4.14. The molecule has 146 valence electrons. The molecule has 0 aliphatic rings. The monoisotopic (exact) mass is 486 g/mol. The zero-order chi connectivity index (χ0) is 18.2. The fraction of sp³-hybridized carbons (Fsp3) is 0.750. The highest BCUT2D eigenvalue weighted by Crippen LogP contribution is 2.22. The van der Waals surface area contributed by atoms with E-state index in [4.69, 9.17) is 4.52 Å². The highest BCUT2D eigenvalue weighted by Gasteiger charge is 2.14. The van der Waals surface area contributed by atoms with E-state index < -0.39 is 9.84 Å². The van der Waals surface area contributed by atoms with Crippen LogP contribution in [0.25, 0.3) is 0 Å². The first-order valence-electron chi connectivity index (χ1n) is 8.39. The molecule has 1 atom stereocenters. The van der Waals surface area contributed by atoms with E-state index in [1.54, 1.807) is 7.05 Å². The number of hydrogen-bond donors (Lipinski definition) is 2. The molecule has 25 heavy (non-hydrogen) atoms. The maximum Gasteiger partial charge on any atom is 0.191 e. The van der Waals surface area contributed by atoms with Crippen molar-refractivity contribution in [1.29, 1.82) is 0 Å². The van der Waals surface area contributed by atoms with Crippen LogP contribution < -0.4 is 10.6 Å². The van der Waals surface area contributed by atoms with Gasteiger partial charge in [0.05, 0.1) is 18.0 Å². The van der Waals surface area contributed by atoms with Crippen LogP contribution in [0, 0.1) is 0 Å². The van der Waals surface area contributed by atoms with Crippen LogP contribution in [0.15, 0.2) is 15.6 Å². The minimum absolute atomic E-state index is 0. The molecule has 0 radical (unpaired) electrons. The maximum absolute atomic E-state index is 11.2. The van der Waals surface area contributed by atoms with Gasteiger partial charge >= 0.3 is 0 Å². The molecule has 0 saturated carbocycles. The van der Waals surface area contributed by atoms with Gasteiger partial charge in [-0.2, -0.15) is 0 Å². The van der Waals surface area contributed by atoms with Crippen molar-refractivity contribution in [2.24, 2.45) is 4.99 Å². The standard InChI is InChI=1S/C16H30N4O3S.HI/c1-6-13(7-2)15-10-14(23-20-15)11-18-16(17-4)19-12(3)8-9-24(5,21)22;/h10,12-13H,6-9,11H2,1-5H3,(H2,17,18,19);1H. The van der Waals surface area contributed by atoms with Crippen LogP contribution in [0.5, 0.6) is 0 Å². The molecule has 1 aromatic rings. The average molecular weight is 486 g/mol. The fourth-order valence-electron chi connectivity index (χ4n) is 2.37. The Morgan fingerprint density at radius 2 is 2.00 bits per heavy atom. The van der Waals surface area contributed by atoms with Gasteiger partial charge in [0.15, 0.2) is 11.7 Å². The second kappa shape index (κ2) is 11.7. The molecule has 1 aromatic heterocycles. The first-order valence-corrected chi connectivity index (χ1v) is 10.5. The van der Waals surface area contributed by atoms with E-state index in [9.17, 15) is 8.42 Å². The molecule has 0 aliphatic heterocycles. The van der Waals surface area contributed by atoms with Gasteiger partial charge in [0.25, 0.3) is 0 Å². The Balaban J connectivity index is 0.00000576. The van der Waals surface area contributed by atoms with Crippen molar-refractivity contribution in [3.63, 3.8) is 0 Å². The summed E-state index contributed by atoms with van der Waals surface area (Å²) in [7, 11) is -1.28. The van der Waals surface area contributed by atoms with Crippen LogP contribution in [-0.4, -0.2) is 44.6 Å². The summed E-state index contributed by atoms with van der Waals surface area (Å²) in [6.07, 6.45) is 3.85. The van der Waals surface area contributed by atoms with E-state index in [1.807, 2.05) is 13.0 Å². The van der Waals surface area contributed by atoms with E-state index in [2.05, 4.69) is 34.6 Å². The first-order chi connectivity index (χ1) is 11.3. The summed E-state index contributed by atoms with van der Waals surface area (Å²) in [6.45, 7) is 6.69. The summed E-state index contributed by atoms with van der Waals surface area (Å²) < 4.78 is 27.8. The van der Waals surface area contributed by atoms with Gasteiger partial charge in [-0.05, 0) is 26.2 Å². The van der Waals surface area contributed by atoms with Crippen LogP contribution in [0.4, 0.5) is 0 Å². The van der Waals surface area contributed by atoms with Crippen molar-refractivity contribution >= 4 is 39.8 Å². The highest BCUT2D eigenvalue weighted by molar-refractivity contribution is 14.0. The summed E-state index contributed by atoms with van der Waals surface area (Å²) in [5.41, 5.74) is 0.987. The molecule has 9 heteroatoms. The molecule has 0 aliphatic carbocycles. The number of hydrogen-bond acceptors (Lipinski definition) is 5. The second-order valence-electron chi connectivity index (χ2n) is 6.12. The van der Waals surface area contributed by atoms with Crippen molar-refractivity contribution < 1.29 is 12.9 Å². The quantitative estimate of drug-likeness (QED) is 0.317. The van der Waals surface area contributed by atoms with Gasteiger partial charge < -0.3 is 15.2 Å². The Kier molecular flexibility index (Phi) is 11.3. The Labute approximate surface area is 168 Å². The van der Waals surface area contributed by atoms with E-state index in [-0.39, 0.29) is 35.8 Å². The molecule has 0 saturated heterocycles. The second-order valence-corrected chi connectivity index (χ2v) is 8.38. The molecule has 2 N–H and O–H groups in total. The first kappa shape index (κ1) is 24.2. The molecule has 0 amide bonds. The number of aliphatic imine (C=N–C) groups is 1. The van der Waals surface area contributed by atoms with Crippen molar-refractivity contribution in [2.75, 3.05) is 19.1 Å². The molecule has 1 unspecified atom stereocenters. The van der Waals surface area contributed by atoms with Crippen LogP contribution in [-0.2, 0) is 16.4 Å². The van der Waals surface area contributed by atoms with Crippen LogP contribution >= 0.6 is 24.0 Å². The van der Waals surface area contributed by atoms with Crippen molar-refractivity contribution in [3.8, 4) is 0 Å². The van der Waals surface area contributed by atoms with E-state index >= 15 is 0 Å². The molecule has 1 heterocycles. The Bertz CT molecular complexity index is 627. The summed E-state index contributed by atoms with van der Waals surface area (Å²) in [6, 6.07) is 1.98. The zero-order valence-corrected chi connectivity index (χ0v) is 18.9. The third-order valence-corrected chi connectivity index (χ3v) is 4.92. The Morgan fingerprint density at radius 3 is 2.52 bits per heavy atom. The number of rotatable bonds is 9. The van der Waals surface area contributed by atoms with Crippen molar-refractivity contribution in [1.82, 2.24) is 15.8 Å². The van der Waals surface area contributed by atoms with E-state index in [0.29, 0.717) is 24.8 Å². The van der Waals surface area contributed by atoms with Gasteiger partial charge in [-0.1, -0.05) is 19.0 Å². The molecule has 0 bridgehead atoms. The van der Waals surface area contributed by atoms with Gasteiger partial charge in [0, 0.05) is 31.3 Å². The number of nitrogens with one attached hydrogen (secondary N) is 2. The van der Waals surface area contributed by atoms with Gasteiger partial charge in [-0.15, -0.1) is 24.0 Å². The molecular formula is C16H31IN4O3S. The van der Waals surface area contributed by atoms with Gasteiger partial charge in [0.2, 0.25) is 0 Å². The predicted octanol–water partition coefficient (Wildman–Crippen LogP) is 2.68. The number of nitrogens with zero attached hydrogens (tertiary/aromatic N) is 2. The third-order valence-electron chi connectivity index (χ3n) is 3.94. The minimum atomic E-state index is -2.95.